The van der Waals surface area contributed by atoms with Gasteiger partial charge in [0.2, 0.25) is 0 Å². The van der Waals surface area contributed by atoms with E-state index in [4.69, 9.17) is 9.72 Å². The molecule has 0 bridgehead atoms. The molecule has 0 radical (unpaired) electrons. The zero-order valence-corrected chi connectivity index (χ0v) is 17.3. The number of hydrogen-bond acceptors (Lipinski definition) is 5. The predicted octanol–water partition coefficient (Wildman–Crippen LogP) is 3.40. The second-order valence-electron chi connectivity index (χ2n) is 8.27. The number of ether oxygens (including phenoxy) is 1. The smallest absolute Gasteiger partial charge is 0.159 e. The molecule has 2 aromatic carbocycles. The Labute approximate surface area is 173 Å². The second-order valence-corrected chi connectivity index (χ2v) is 8.27. The van der Waals surface area contributed by atoms with Crippen LogP contribution in [0.2, 0.25) is 0 Å². The number of fused-ring (bicyclic) bond motifs is 2. The van der Waals surface area contributed by atoms with E-state index >= 15 is 0 Å². The van der Waals surface area contributed by atoms with Gasteiger partial charge in [0.15, 0.2) is 5.82 Å². The van der Waals surface area contributed by atoms with Crippen LogP contribution in [0, 0.1) is 5.82 Å². The molecule has 0 spiro atoms. The van der Waals surface area contributed by atoms with E-state index in [0.717, 1.165) is 35.2 Å². The van der Waals surface area contributed by atoms with Crippen molar-refractivity contribution in [1.29, 1.82) is 0 Å². The molecule has 1 aliphatic rings. The third kappa shape index (κ3) is 3.42. The van der Waals surface area contributed by atoms with Crippen LogP contribution in [0.25, 0.3) is 33.5 Å². The monoisotopic (exact) mass is 408 g/mol. The van der Waals surface area contributed by atoms with Gasteiger partial charge in [-0.25, -0.2) is 9.37 Å². The molecule has 1 saturated heterocycles. The molecule has 0 amide bonds. The largest absolute Gasteiger partial charge is 0.373 e. The summed E-state index contributed by atoms with van der Waals surface area (Å²) in [5, 5.41) is 8.07. The fraction of sp³-hybridized carbons (Fsp3) is 0.364. The number of anilines is 1. The third-order valence-corrected chi connectivity index (χ3v) is 5.62. The molecule has 5 rings (SSSR count). The first-order chi connectivity index (χ1) is 14.5. The van der Waals surface area contributed by atoms with E-state index in [0.29, 0.717) is 29.7 Å². The zero-order valence-electron chi connectivity index (χ0n) is 17.3. The Morgan fingerprint density at radius 1 is 1.20 bits per heavy atom. The molecule has 2 N–H and O–H groups in total. The molecule has 2 aromatic heterocycles. The molecular weight excluding hydrogens is 383 g/mol. The lowest BCUT2D eigenvalue weighted by molar-refractivity contribution is 0.00880. The van der Waals surface area contributed by atoms with E-state index in [1.54, 1.807) is 6.07 Å². The molecular formula is C22H25FN6O. The lowest BCUT2D eigenvalue weighted by Gasteiger charge is -2.40. The highest BCUT2D eigenvalue weighted by Gasteiger charge is 2.27. The molecule has 3 heterocycles. The summed E-state index contributed by atoms with van der Waals surface area (Å²) >= 11 is 0. The van der Waals surface area contributed by atoms with Crippen LogP contribution in [-0.4, -0.2) is 71.0 Å². The summed E-state index contributed by atoms with van der Waals surface area (Å²) in [6.07, 6.45) is 0.178. The highest BCUT2D eigenvalue weighted by molar-refractivity contribution is 5.93. The molecule has 1 fully saturated rings. The first kappa shape index (κ1) is 19.0. The number of hydrogen-bond donors (Lipinski definition) is 2. The first-order valence-corrected chi connectivity index (χ1v) is 10.1. The van der Waals surface area contributed by atoms with Crippen LogP contribution >= 0.6 is 0 Å². The van der Waals surface area contributed by atoms with Gasteiger partial charge >= 0.3 is 0 Å². The summed E-state index contributed by atoms with van der Waals surface area (Å²) in [5.41, 5.74) is 4.30. The molecule has 156 valence electrons. The Balaban J connectivity index is 1.48. The second kappa shape index (κ2) is 7.37. The highest BCUT2D eigenvalue weighted by atomic mass is 19.1. The molecule has 8 heteroatoms. The number of halogens is 1. The van der Waals surface area contributed by atoms with Gasteiger partial charge in [-0.3, -0.25) is 5.10 Å². The molecule has 2 atom stereocenters. The summed E-state index contributed by atoms with van der Waals surface area (Å²) in [6.45, 7) is 4.63. The topological polar surface area (TPSA) is 73.1 Å². The zero-order chi connectivity index (χ0) is 20.8. The van der Waals surface area contributed by atoms with Gasteiger partial charge < -0.3 is 19.5 Å². The van der Waals surface area contributed by atoms with Gasteiger partial charge in [-0.15, -0.1) is 0 Å². The number of aromatic amines is 2. The number of aromatic nitrogens is 4. The highest BCUT2D eigenvalue weighted by Crippen LogP contribution is 2.29. The number of rotatable bonds is 4. The van der Waals surface area contributed by atoms with Crippen molar-refractivity contribution in [3.8, 4) is 11.5 Å². The summed E-state index contributed by atoms with van der Waals surface area (Å²) in [4.78, 5) is 12.7. The lowest BCUT2D eigenvalue weighted by atomic mass is 10.1. The van der Waals surface area contributed by atoms with E-state index < -0.39 is 0 Å². The van der Waals surface area contributed by atoms with E-state index in [9.17, 15) is 4.39 Å². The lowest BCUT2D eigenvalue weighted by Crippen LogP contribution is -2.51. The number of nitrogens with zero attached hydrogens (tertiary/aromatic N) is 4. The van der Waals surface area contributed by atoms with Gasteiger partial charge in [0.05, 0.1) is 29.3 Å². The van der Waals surface area contributed by atoms with Crippen molar-refractivity contribution < 1.29 is 9.13 Å². The van der Waals surface area contributed by atoms with Crippen LogP contribution in [0.15, 0.2) is 36.4 Å². The number of H-pyrrole nitrogens is 2. The van der Waals surface area contributed by atoms with Crippen molar-refractivity contribution in [3.63, 3.8) is 0 Å². The summed E-state index contributed by atoms with van der Waals surface area (Å²) in [5.74, 6) is 0.375. The Morgan fingerprint density at radius 3 is 2.90 bits per heavy atom. The maximum Gasteiger partial charge on any atom is 0.159 e. The third-order valence-electron chi connectivity index (χ3n) is 5.62. The van der Waals surface area contributed by atoms with E-state index in [-0.39, 0.29) is 11.9 Å². The minimum atomic E-state index is -0.292. The molecule has 1 aliphatic heterocycles. The van der Waals surface area contributed by atoms with Crippen molar-refractivity contribution >= 4 is 27.6 Å². The number of imidazole rings is 1. The van der Waals surface area contributed by atoms with Gasteiger partial charge in [0.1, 0.15) is 11.5 Å². The van der Waals surface area contributed by atoms with Crippen molar-refractivity contribution in [2.24, 2.45) is 0 Å². The van der Waals surface area contributed by atoms with Crippen molar-refractivity contribution in [2.75, 3.05) is 38.7 Å². The maximum atomic E-state index is 13.5. The summed E-state index contributed by atoms with van der Waals surface area (Å²) in [7, 11) is 4.13. The van der Waals surface area contributed by atoms with Gasteiger partial charge in [0, 0.05) is 30.2 Å². The number of morpholine rings is 1. The minimum absolute atomic E-state index is 0.178. The number of benzene rings is 2. The Hall–Kier alpha value is -2.97. The standard InChI is InChI=1S/C22H25FN6O/c1-13-12-30-16(10-28(2)3)11-29(13)15-5-7-18-20(9-15)25-22(24-18)21-17-6-4-14(23)8-19(17)26-27-21/h4-9,13,16H,10-12H2,1-3H3,(H,24,25)(H,26,27)/t13-,16+/m0/s1. The van der Waals surface area contributed by atoms with Crippen LogP contribution in [0.4, 0.5) is 10.1 Å². The SMILES string of the molecule is C[C@H]1CO[C@H](CN(C)C)CN1c1ccc2[nH]c(-c3n[nH]c4cc(F)ccc34)nc2c1. The van der Waals surface area contributed by atoms with Gasteiger partial charge in [-0.2, -0.15) is 5.10 Å². The fourth-order valence-electron chi connectivity index (χ4n) is 4.15. The Morgan fingerprint density at radius 2 is 2.07 bits per heavy atom. The number of likely N-dealkylation sites (N-methyl/N-ethyl adjacent to an activating group) is 1. The Kier molecular flexibility index (Phi) is 4.67. The Bertz CT molecular complexity index is 1200. The molecule has 0 saturated carbocycles. The molecule has 7 nitrogen and oxygen atoms in total. The summed E-state index contributed by atoms with van der Waals surface area (Å²) in [6, 6.07) is 11.2. The average molecular weight is 408 g/mol. The molecule has 0 unspecified atom stereocenters. The van der Waals surface area contributed by atoms with Crippen LogP contribution in [0.1, 0.15) is 6.92 Å². The van der Waals surface area contributed by atoms with Gasteiger partial charge in [-0.05, 0) is 57.4 Å². The quantitative estimate of drug-likeness (QED) is 0.542. The van der Waals surface area contributed by atoms with Crippen LogP contribution in [-0.2, 0) is 4.74 Å². The van der Waals surface area contributed by atoms with Crippen molar-refractivity contribution in [1.82, 2.24) is 25.1 Å². The van der Waals surface area contributed by atoms with E-state index in [1.807, 2.05) is 0 Å². The summed E-state index contributed by atoms with van der Waals surface area (Å²) < 4.78 is 19.5. The fourth-order valence-corrected chi connectivity index (χ4v) is 4.15. The average Bonchev–Trinajstić information content (AvgIpc) is 3.31. The van der Waals surface area contributed by atoms with Crippen LogP contribution < -0.4 is 4.90 Å². The van der Waals surface area contributed by atoms with E-state index in [2.05, 4.69) is 64.2 Å². The van der Waals surface area contributed by atoms with Crippen LogP contribution in [0.5, 0.6) is 0 Å². The first-order valence-electron chi connectivity index (χ1n) is 10.1. The van der Waals surface area contributed by atoms with Crippen LogP contribution in [0.3, 0.4) is 0 Å². The number of nitrogens with one attached hydrogen (secondary N) is 2. The van der Waals surface area contributed by atoms with E-state index in [1.165, 1.54) is 12.1 Å². The molecule has 4 aromatic rings. The predicted molar refractivity (Wildman–Crippen MR) is 116 cm³/mol. The van der Waals surface area contributed by atoms with Gasteiger partial charge in [0.25, 0.3) is 0 Å². The molecule has 30 heavy (non-hydrogen) atoms. The van der Waals surface area contributed by atoms with Crippen molar-refractivity contribution in [3.05, 3.63) is 42.2 Å². The minimum Gasteiger partial charge on any atom is -0.373 e. The normalized spacial score (nSPS) is 20.0. The maximum absolute atomic E-state index is 13.5. The van der Waals surface area contributed by atoms with Gasteiger partial charge in [-0.1, -0.05) is 0 Å². The van der Waals surface area contributed by atoms with Crippen molar-refractivity contribution in [2.45, 2.75) is 19.1 Å². The molecule has 0 aliphatic carbocycles.